The summed E-state index contributed by atoms with van der Waals surface area (Å²) in [6.07, 6.45) is -0.392. The standard InChI is InChI=1S/C22H21F4NO2S/c1-16-14-27(30(28,29)20-11-9-19(23)10-12-20)15-21(16,2)13-3-4-17-5-7-18(8-6-17)22(24,25)26/h3-12H,1,13-15H2,2H3/b4-3+/t21-/m0/s1. The molecule has 0 aromatic heterocycles. The maximum atomic E-state index is 13.1. The Balaban J connectivity index is 1.70. The average Bonchev–Trinajstić information content (AvgIpc) is 2.97. The SMILES string of the molecule is C=C1CN(S(=O)(=O)c2ccc(F)cc2)C[C@]1(C)C/C=C/c1ccc(C(F)(F)F)cc1. The van der Waals surface area contributed by atoms with E-state index in [9.17, 15) is 26.0 Å². The smallest absolute Gasteiger partial charge is 0.207 e. The van der Waals surface area contributed by atoms with Gasteiger partial charge in [0.05, 0.1) is 10.5 Å². The zero-order chi connectivity index (χ0) is 22.2. The molecule has 1 heterocycles. The molecule has 2 aromatic rings. The lowest BCUT2D eigenvalue weighted by molar-refractivity contribution is -0.137. The molecule has 3 nitrogen and oxygen atoms in total. The predicted octanol–water partition coefficient (Wildman–Crippen LogP) is 5.51. The molecule has 0 spiro atoms. The first-order valence-corrected chi connectivity index (χ1v) is 10.6. The van der Waals surface area contributed by atoms with Gasteiger partial charge in [-0.15, -0.1) is 0 Å². The summed E-state index contributed by atoms with van der Waals surface area (Å²) < 4.78 is 78.0. The third-order valence-electron chi connectivity index (χ3n) is 5.31. The van der Waals surface area contributed by atoms with Gasteiger partial charge in [0, 0.05) is 18.5 Å². The van der Waals surface area contributed by atoms with E-state index < -0.39 is 33.0 Å². The van der Waals surface area contributed by atoms with Crippen molar-refractivity contribution in [1.29, 1.82) is 0 Å². The molecule has 1 aliphatic heterocycles. The van der Waals surface area contributed by atoms with Gasteiger partial charge >= 0.3 is 6.18 Å². The molecule has 0 bridgehead atoms. The normalized spacial score (nSPS) is 20.9. The molecular formula is C22H21F4NO2S. The van der Waals surface area contributed by atoms with E-state index in [0.29, 0.717) is 12.0 Å². The molecule has 0 saturated carbocycles. The second-order valence-corrected chi connectivity index (χ2v) is 9.56. The molecule has 1 atom stereocenters. The van der Waals surface area contributed by atoms with Crippen LogP contribution >= 0.6 is 0 Å². The first-order valence-electron chi connectivity index (χ1n) is 9.20. The van der Waals surface area contributed by atoms with Gasteiger partial charge in [0.25, 0.3) is 0 Å². The maximum Gasteiger partial charge on any atom is 0.416 e. The fourth-order valence-corrected chi connectivity index (χ4v) is 4.89. The Hall–Kier alpha value is -2.45. The number of benzene rings is 2. The minimum absolute atomic E-state index is 0.0150. The van der Waals surface area contributed by atoms with E-state index in [1.54, 1.807) is 6.08 Å². The third kappa shape index (κ3) is 4.65. The van der Waals surface area contributed by atoms with Crippen LogP contribution in [0.5, 0.6) is 0 Å². The van der Waals surface area contributed by atoms with E-state index in [1.165, 1.54) is 28.6 Å². The van der Waals surface area contributed by atoms with Crippen molar-refractivity contribution in [1.82, 2.24) is 4.31 Å². The first kappa shape index (κ1) is 22.2. The molecule has 1 aliphatic rings. The first-order chi connectivity index (χ1) is 13.9. The van der Waals surface area contributed by atoms with E-state index in [2.05, 4.69) is 6.58 Å². The molecule has 1 fully saturated rings. The highest BCUT2D eigenvalue weighted by Gasteiger charge is 2.41. The summed E-state index contributed by atoms with van der Waals surface area (Å²) in [5.74, 6) is -0.516. The summed E-state index contributed by atoms with van der Waals surface area (Å²) in [6, 6.07) is 9.47. The lowest BCUT2D eigenvalue weighted by atomic mass is 9.82. The van der Waals surface area contributed by atoms with E-state index in [4.69, 9.17) is 0 Å². The van der Waals surface area contributed by atoms with Gasteiger partial charge in [-0.25, -0.2) is 12.8 Å². The lowest BCUT2D eigenvalue weighted by Gasteiger charge is -2.24. The van der Waals surface area contributed by atoms with Gasteiger partial charge in [-0.3, -0.25) is 0 Å². The number of rotatable bonds is 5. The number of halogens is 4. The second kappa shape index (κ2) is 8.00. The molecule has 2 aromatic carbocycles. The Kier molecular flexibility index (Phi) is 5.93. The van der Waals surface area contributed by atoms with Crippen LogP contribution in [0.2, 0.25) is 0 Å². The largest absolute Gasteiger partial charge is 0.416 e. The third-order valence-corrected chi connectivity index (χ3v) is 7.12. The van der Waals surface area contributed by atoms with Gasteiger partial charge in [-0.2, -0.15) is 17.5 Å². The van der Waals surface area contributed by atoms with Crippen LogP contribution in [-0.2, 0) is 16.2 Å². The van der Waals surface area contributed by atoms with Gasteiger partial charge in [0.2, 0.25) is 10.0 Å². The fourth-order valence-electron chi connectivity index (χ4n) is 3.33. The topological polar surface area (TPSA) is 37.4 Å². The van der Waals surface area contributed by atoms with Crippen molar-refractivity contribution >= 4 is 16.1 Å². The van der Waals surface area contributed by atoms with Crippen molar-refractivity contribution in [3.05, 3.63) is 83.7 Å². The van der Waals surface area contributed by atoms with Crippen molar-refractivity contribution in [2.45, 2.75) is 24.4 Å². The molecule has 0 N–H and O–H groups in total. The van der Waals surface area contributed by atoms with Gasteiger partial charge in [-0.1, -0.05) is 43.4 Å². The van der Waals surface area contributed by atoms with E-state index in [1.807, 2.05) is 13.0 Å². The number of hydrogen-bond acceptors (Lipinski definition) is 2. The van der Waals surface area contributed by atoms with Crippen molar-refractivity contribution in [2.75, 3.05) is 13.1 Å². The Bertz CT molecular complexity index is 1060. The molecule has 0 amide bonds. The maximum absolute atomic E-state index is 13.1. The second-order valence-electron chi connectivity index (χ2n) is 7.62. The summed E-state index contributed by atoms with van der Waals surface area (Å²) in [5, 5.41) is 0. The Morgan fingerprint density at radius 3 is 2.27 bits per heavy atom. The van der Waals surface area contributed by atoms with Crippen LogP contribution in [0.1, 0.15) is 24.5 Å². The van der Waals surface area contributed by atoms with Gasteiger partial charge in [0.15, 0.2) is 0 Å². The molecular weight excluding hydrogens is 418 g/mol. The summed E-state index contributed by atoms with van der Waals surface area (Å²) in [5.41, 5.74) is 0.129. The number of allylic oxidation sites excluding steroid dienone is 1. The summed E-state index contributed by atoms with van der Waals surface area (Å²) >= 11 is 0. The van der Waals surface area contributed by atoms with Crippen LogP contribution in [0.4, 0.5) is 17.6 Å². The molecule has 8 heteroatoms. The van der Waals surface area contributed by atoms with Gasteiger partial charge < -0.3 is 0 Å². The van der Waals surface area contributed by atoms with E-state index >= 15 is 0 Å². The van der Waals surface area contributed by atoms with E-state index in [0.717, 1.165) is 29.8 Å². The molecule has 30 heavy (non-hydrogen) atoms. The van der Waals surface area contributed by atoms with E-state index in [-0.39, 0.29) is 18.0 Å². The van der Waals surface area contributed by atoms with Crippen LogP contribution in [0.25, 0.3) is 6.08 Å². The number of alkyl halides is 3. The number of nitrogens with zero attached hydrogens (tertiary/aromatic N) is 1. The Morgan fingerprint density at radius 1 is 1.10 bits per heavy atom. The minimum atomic E-state index is -4.38. The number of hydrogen-bond donors (Lipinski definition) is 0. The minimum Gasteiger partial charge on any atom is -0.207 e. The monoisotopic (exact) mass is 439 g/mol. The van der Waals surface area contributed by atoms with Crippen LogP contribution < -0.4 is 0 Å². The molecule has 3 rings (SSSR count). The van der Waals surface area contributed by atoms with Crippen LogP contribution in [0, 0.1) is 11.2 Å². The summed E-state index contributed by atoms with van der Waals surface area (Å²) in [6.45, 7) is 6.28. The fraction of sp³-hybridized carbons (Fsp3) is 0.273. The van der Waals surface area contributed by atoms with Gasteiger partial charge in [0.1, 0.15) is 5.82 Å². The lowest BCUT2D eigenvalue weighted by Crippen LogP contribution is -2.31. The number of sulfonamides is 1. The highest BCUT2D eigenvalue weighted by molar-refractivity contribution is 7.89. The zero-order valence-electron chi connectivity index (χ0n) is 16.3. The molecule has 160 valence electrons. The van der Waals surface area contributed by atoms with Crippen molar-refractivity contribution < 1.29 is 26.0 Å². The molecule has 1 saturated heterocycles. The summed E-state index contributed by atoms with van der Waals surface area (Å²) in [4.78, 5) is 0.0150. The van der Waals surface area contributed by atoms with Crippen LogP contribution in [0.3, 0.4) is 0 Å². The molecule has 0 radical (unpaired) electrons. The van der Waals surface area contributed by atoms with Crippen molar-refractivity contribution in [3.63, 3.8) is 0 Å². The Morgan fingerprint density at radius 2 is 1.70 bits per heavy atom. The van der Waals surface area contributed by atoms with Crippen LogP contribution in [-0.4, -0.2) is 25.8 Å². The van der Waals surface area contributed by atoms with Crippen molar-refractivity contribution in [2.24, 2.45) is 5.41 Å². The molecule has 0 unspecified atom stereocenters. The highest BCUT2D eigenvalue weighted by atomic mass is 32.2. The highest BCUT2D eigenvalue weighted by Crippen LogP contribution is 2.40. The predicted molar refractivity (Wildman–Crippen MR) is 108 cm³/mol. The van der Waals surface area contributed by atoms with Crippen molar-refractivity contribution in [3.8, 4) is 0 Å². The van der Waals surface area contributed by atoms with Gasteiger partial charge in [-0.05, 0) is 48.4 Å². The summed E-state index contributed by atoms with van der Waals surface area (Å²) in [7, 11) is -3.78. The quantitative estimate of drug-likeness (QED) is 0.455. The zero-order valence-corrected chi connectivity index (χ0v) is 17.1. The molecule has 0 aliphatic carbocycles. The van der Waals surface area contributed by atoms with Crippen LogP contribution in [0.15, 0.2) is 71.7 Å². The average molecular weight is 439 g/mol. The Labute approximate surface area is 173 Å².